The molecule has 0 saturated carbocycles. The highest BCUT2D eigenvalue weighted by Crippen LogP contribution is 2.45. The minimum Gasteiger partial charge on any atom is -0.503 e. The van der Waals surface area contributed by atoms with Crippen molar-refractivity contribution in [3.05, 3.63) is 83.0 Å². The van der Waals surface area contributed by atoms with E-state index < -0.39 is 23.5 Å². The highest BCUT2D eigenvalue weighted by atomic mass is 16.5. The number of hydrogen-bond acceptors (Lipinski definition) is 8. The monoisotopic (exact) mass is 460 g/mol. The molecule has 1 aliphatic heterocycles. The third kappa shape index (κ3) is 3.29. The molecule has 172 valence electrons. The molecule has 0 saturated heterocycles. The zero-order chi connectivity index (χ0) is 24.0. The Kier molecular flexibility index (Phi) is 5.09. The number of amides is 1. The zero-order valence-electron chi connectivity index (χ0n) is 18.6. The molecule has 1 atom stereocenters. The fourth-order valence-corrected chi connectivity index (χ4v) is 4.11. The first-order valence-corrected chi connectivity index (χ1v) is 10.4. The van der Waals surface area contributed by atoms with Gasteiger partial charge in [-0.05, 0) is 37.3 Å². The number of benzene rings is 2. The van der Waals surface area contributed by atoms with Gasteiger partial charge in [0, 0.05) is 17.0 Å². The fourth-order valence-electron chi connectivity index (χ4n) is 4.11. The summed E-state index contributed by atoms with van der Waals surface area (Å²) in [5.41, 5.74) is 0.755. The molecule has 0 aliphatic carbocycles. The summed E-state index contributed by atoms with van der Waals surface area (Å²) in [5.74, 6) is -0.717. The lowest BCUT2D eigenvalue weighted by Crippen LogP contribution is -2.31. The number of carbonyl (C=O) groups excluding carboxylic acids is 2. The zero-order valence-corrected chi connectivity index (χ0v) is 18.6. The highest BCUT2D eigenvalue weighted by Gasteiger charge is 2.47. The van der Waals surface area contributed by atoms with Crippen LogP contribution < -0.4 is 14.4 Å². The minimum absolute atomic E-state index is 0.0133. The average molecular weight is 460 g/mol. The van der Waals surface area contributed by atoms with E-state index in [9.17, 15) is 14.7 Å². The van der Waals surface area contributed by atoms with Gasteiger partial charge in [-0.15, -0.1) is 0 Å². The Labute approximate surface area is 193 Å². The van der Waals surface area contributed by atoms with Gasteiger partial charge in [-0.1, -0.05) is 23.4 Å². The number of ether oxygens (including phenoxy) is 2. The number of rotatable bonds is 6. The lowest BCUT2D eigenvalue weighted by Gasteiger charge is -2.26. The summed E-state index contributed by atoms with van der Waals surface area (Å²) < 4.78 is 21.8. The molecule has 1 amide bonds. The second kappa shape index (κ2) is 8.11. The maximum atomic E-state index is 13.7. The van der Waals surface area contributed by atoms with E-state index in [1.54, 1.807) is 55.5 Å². The number of nitrogens with zero attached hydrogens (tertiary/aromatic N) is 2. The van der Waals surface area contributed by atoms with Crippen molar-refractivity contribution in [1.82, 2.24) is 5.16 Å². The first-order valence-electron chi connectivity index (χ1n) is 10.4. The van der Waals surface area contributed by atoms with E-state index in [0.717, 1.165) is 5.39 Å². The molecule has 0 radical (unpaired) electrons. The molecule has 0 bridgehead atoms. The van der Waals surface area contributed by atoms with Crippen molar-refractivity contribution < 1.29 is 33.1 Å². The number of hydrogen-bond donors (Lipinski definition) is 1. The summed E-state index contributed by atoms with van der Waals surface area (Å²) in [7, 11) is 2.97. The maximum absolute atomic E-state index is 13.7. The summed E-state index contributed by atoms with van der Waals surface area (Å²) in [4.78, 5) is 28.1. The van der Waals surface area contributed by atoms with Gasteiger partial charge < -0.3 is 23.5 Å². The molecule has 1 aliphatic rings. The molecular formula is C25H20N2O7. The van der Waals surface area contributed by atoms with Gasteiger partial charge in [0.05, 0.1) is 19.8 Å². The van der Waals surface area contributed by atoms with Crippen LogP contribution >= 0.6 is 0 Å². The van der Waals surface area contributed by atoms with Crippen LogP contribution in [0.5, 0.6) is 11.5 Å². The number of methoxy groups -OCH3 is 2. The van der Waals surface area contributed by atoms with E-state index in [-0.39, 0.29) is 17.2 Å². The lowest BCUT2D eigenvalue weighted by atomic mass is 9.94. The van der Waals surface area contributed by atoms with Crippen LogP contribution in [0.15, 0.2) is 74.9 Å². The first-order chi connectivity index (χ1) is 16.4. The molecular weight excluding hydrogens is 440 g/mol. The van der Waals surface area contributed by atoms with Crippen molar-refractivity contribution in [2.45, 2.75) is 13.0 Å². The van der Waals surface area contributed by atoms with Crippen LogP contribution in [-0.2, 0) is 4.79 Å². The van der Waals surface area contributed by atoms with E-state index in [1.807, 2.05) is 6.07 Å². The van der Waals surface area contributed by atoms with Gasteiger partial charge in [0.25, 0.3) is 5.91 Å². The molecule has 0 unspecified atom stereocenters. The molecule has 0 fully saturated rings. The maximum Gasteiger partial charge on any atom is 0.295 e. The van der Waals surface area contributed by atoms with Crippen LogP contribution in [0.25, 0.3) is 11.0 Å². The second-order valence-electron chi connectivity index (χ2n) is 7.72. The number of Topliss-reactive ketones (excluding diaryl/α,β-unsaturated/α-hetero) is 1. The number of carbonyl (C=O) groups is 2. The van der Waals surface area contributed by atoms with Crippen LogP contribution in [0.2, 0.25) is 0 Å². The molecule has 0 spiro atoms. The molecule has 34 heavy (non-hydrogen) atoms. The molecule has 5 rings (SSSR count). The second-order valence-corrected chi connectivity index (χ2v) is 7.72. The normalized spacial score (nSPS) is 15.9. The van der Waals surface area contributed by atoms with Gasteiger partial charge in [0.15, 0.2) is 17.3 Å². The number of ketones is 1. The summed E-state index contributed by atoms with van der Waals surface area (Å²) in [6.45, 7) is 1.67. The Morgan fingerprint density at radius 2 is 1.88 bits per heavy atom. The number of aromatic nitrogens is 1. The van der Waals surface area contributed by atoms with Crippen molar-refractivity contribution in [3.8, 4) is 11.5 Å². The van der Waals surface area contributed by atoms with Crippen molar-refractivity contribution in [2.75, 3.05) is 19.1 Å². The predicted molar refractivity (Wildman–Crippen MR) is 121 cm³/mol. The SMILES string of the molecule is COc1ccc(OC)c([C@H]2C(C(=O)c3cc4ccccc4o3)=C(O)C(=O)N2c2cc(C)on2)c1. The van der Waals surface area contributed by atoms with E-state index in [2.05, 4.69) is 5.16 Å². The van der Waals surface area contributed by atoms with Crippen molar-refractivity contribution in [3.63, 3.8) is 0 Å². The predicted octanol–water partition coefficient (Wildman–Crippen LogP) is 4.53. The molecule has 3 heterocycles. The van der Waals surface area contributed by atoms with E-state index in [0.29, 0.717) is 28.4 Å². The number of anilines is 1. The third-order valence-corrected chi connectivity index (χ3v) is 5.70. The van der Waals surface area contributed by atoms with Gasteiger partial charge >= 0.3 is 0 Å². The van der Waals surface area contributed by atoms with Gasteiger partial charge in [0.1, 0.15) is 28.9 Å². The Hall–Kier alpha value is -4.53. The minimum atomic E-state index is -1.08. The van der Waals surface area contributed by atoms with Crippen LogP contribution in [0.1, 0.15) is 27.9 Å². The van der Waals surface area contributed by atoms with Gasteiger partial charge in [0.2, 0.25) is 5.78 Å². The van der Waals surface area contributed by atoms with E-state index in [1.165, 1.54) is 19.1 Å². The van der Waals surface area contributed by atoms with E-state index >= 15 is 0 Å². The van der Waals surface area contributed by atoms with Crippen LogP contribution in [0.3, 0.4) is 0 Å². The number of aliphatic hydroxyl groups excluding tert-OH is 1. The largest absolute Gasteiger partial charge is 0.503 e. The smallest absolute Gasteiger partial charge is 0.295 e. The fraction of sp³-hybridized carbons (Fsp3) is 0.160. The average Bonchev–Trinajstić information content (AvgIpc) is 3.54. The number of para-hydroxylation sites is 1. The Morgan fingerprint density at radius 3 is 2.56 bits per heavy atom. The Morgan fingerprint density at radius 1 is 1.09 bits per heavy atom. The molecule has 9 nitrogen and oxygen atoms in total. The summed E-state index contributed by atoms with van der Waals surface area (Å²) in [5, 5.41) is 15.6. The molecule has 2 aromatic heterocycles. The molecule has 9 heteroatoms. The standard InChI is InChI=1S/C25H20N2O7/c1-13-10-20(26-34-13)27-22(16-12-15(31-2)8-9-18(16)32-3)21(24(29)25(27)30)23(28)19-11-14-6-4-5-7-17(14)33-19/h4-12,22,29H,1-3H3/t22-/m0/s1. The van der Waals surface area contributed by atoms with Crippen molar-refractivity contribution in [1.29, 1.82) is 0 Å². The summed E-state index contributed by atoms with van der Waals surface area (Å²) in [6, 6.07) is 14.2. The molecule has 4 aromatic rings. The summed E-state index contributed by atoms with van der Waals surface area (Å²) in [6.07, 6.45) is 0. The van der Waals surface area contributed by atoms with Crippen molar-refractivity contribution in [2.24, 2.45) is 0 Å². The number of aliphatic hydroxyl groups is 1. The van der Waals surface area contributed by atoms with Gasteiger partial charge in [-0.3, -0.25) is 14.5 Å². The van der Waals surface area contributed by atoms with E-state index in [4.69, 9.17) is 18.4 Å². The lowest BCUT2D eigenvalue weighted by molar-refractivity contribution is -0.117. The third-order valence-electron chi connectivity index (χ3n) is 5.70. The van der Waals surface area contributed by atoms with Crippen LogP contribution in [0.4, 0.5) is 5.82 Å². The van der Waals surface area contributed by atoms with Gasteiger partial charge in [-0.2, -0.15) is 0 Å². The number of furan rings is 1. The molecule has 1 N–H and O–H groups in total. The molecule has 2 aromatic carbocycles. The van der Waals surface area contributed by atoms with Crippen LogP contribution in [-0.4, -0.2) is 36.2 Å². The van der Waals surface area contributed by atoms with Crippen molar-refractivity contribution >= 4 is 28.5 Å². The van der Waals surface area contributed by atoms with Crippen LogP contribution in [0, 0.1) is 6.92 Å². The number of aryl methyl sites for hydroxylation is 1. The Bertz CT molecular complexity index is 1430. The topological polar surface area (TPSA) is 115 Å². The quantitative estimate of drug-likeness (QED) is 0.417. The summed E-state index contributed by atoms with van der Waals surface area (Å²) >= 11 is 0. The van der Waals surface area contributed by atoms with Gasteiger partial charge in [-0.25, -0.2) is 0 Å². The first kappa shape index (κ1) is 21.3. The highest BCUT2D eigenvalue weighted by molar-refractivity contribution is 6.20. The Balaban J connectivity index is 1.71. The number of fused-ring (bicyclic) bond motifs is 1.